The van der Waals surface area contributed by atoms with Gasteiger partial charge in [0.05, 0.1) is 7.11 Å². The molecule has 1 heterocycles. The van der Waals surface area contributed by atoms with Gasteiger partial charge in [0, 0.05) is 24.9 Å². The van der Waals surface area contributed by atoms with E-state index in [1.54, 1.807) is 7.11 Å². The van der Waals surface area contributed by atoms with Gasteiger partial charge in [0.15, 0.2) is 0 Å². The van der Waals surface area contributed by atoms with E-state index in [0.29, 0.717) is 5.92 Å². The van der Waals surface area contributed by atoms with Gasteiger partial charge in [-0.05, 0) is 48.4 Å². The zero-order valence-electron chi connectivity index (χ0n) is 14.4. The molecule has 1 aliphatic rings. The van der Waals surface area contributed by atoms with Gasteiger partial charge in [-0.1, -0.05) is 32.1 Å². The Morgan fingerprint density at radius 1 is 1.22 bits per heavy atom. The van der Waals surface area contributed by atoms with Crippen LogP contribution in [0.3, 0.4) is 0 Å². The lowest BCUT2D eigenvalue weighted by atomic mass is 9.87. The first-order valence-electron chi connectivity index (χ1n) is 8.57. The van der Waals surface area contributed by atoms with Crippen molar-refractivity contribution in [3.8, 4) is 5.75 Å². The highest BCUT2D eigenvalue weighted by molar-refractivity contribution is 5.60. The molecule has 0 N–H and O–H groups in total. The lowest BCUT2D eigenvalue weighted by Crippen LogP contribution is -2.07. The second-order valence-corrected chi connectivity index (χ2v) is 6.52. The molecule has 23 heavy (non-hydrogen) atoms. The van der Waals surface area contributed by atoms with E-state index in [1.165, 1.54) is 29.5 Å². The van der Waals surface area contributed by atoms with E-state index < -0.39 is 0 Å². The van der Waals surface area contributed by atoms with Gasteiger partial charge in [-0.25, -0.2) is 4.98 Å². The standard InChI is InChI=1S/C20H26N2O/c1-15(2)20-21-12-14-22(20)13-6-7-16-10-11-19(23-3)18-9-5-4-8-17(16)18/h6-7,10-12,14-15H,4-5,8-9,13H2,1-3H3/b7-6+. The van der Waals surface area contributed by atoms with Crippen LogP contribution in [0.1, 0.15) is 55.1 Å². The molecule has 0 atom stereocenters. The Hall–Kier alpha value is -2.03. The number of imidazole rings is 1. The van der Waals surface area contributed by atoms with Crippen LogP contribution in [0.4, 0.5) is 0 Å². The minimum absolute atomic E-state index is 0.451. The van der Waals surface area contributed by atoms with Gasteiger partial charge >= 0.3 is 0 Å². The topological polar surface area (TPSA) is 27.1 Å². The Morgan fingerprint density at radius 2 is 2.00 bits per heavy atom. The molecule has 0 spiro atoms. The zero-order valence-corrected chi connectivity index (χ0v) is 14.4. The molecule has 0 saturated carbocycles. The molecule has 3 nitrogen and oxygen atoms in total. The molecule has 1 aliphatic carbocycles. The highest BCUT2D eigenvalue weighted by atomic mass is 16.5. The number of rotatable bonds is 5. The Kier molecular flexibility index (Phi) is 4.85. The quantitative estimate of drug-likeness (QED) is 0.806. The largest absolute Gasteiger partial charge is 0.496 e. The van der Waals surface area contributed by atoms with Crippen molar-refractivity contribution in [2.45, 2.75) is 52.0 Å². The fourth-order valence-corrected chi connectivity index (χ4v) is 3.48. The summed E-state index contributed by atoms with van der Waals surface area (Å²) in [6.45, 7) is 5.24. The summed E-state index contributed by atoms with van der Waals surface area (Å²) in [6.07, 6.45) is 13.3. The number of hydrogen-bond donors (Lipinski definition) is 0. The minimum atomic E-state index is 0.451. The first-order valence-corrected chi connectivity index (χ1v) is 8.57. The molecule has 3 heteroatoms. The molecule has 122 valence electrons. The van der Waals surface area contributed by atoms with E-state index in [4.69, 9.17) is 4.74 Å². The Balaban J connectivity index is 1.81. The molecule has 3 rings (SSSR count). The van der Waals surface area contributed by atoms with Crippen LogP contribution in [-0.4, -0.2) is 16.7 Å². The maximum atomic E-state index is 5.54. The Labute approximate surface area is 139 Å². The van der Waals surface area contributed by atoms with Crippen LogP contribution >= 0.6 is 0 Å². The smallest absolute Gasteiger partial charge is 0.122 e. The van der Waals surface area contributed by atoms with Gasteiger partial charge in [0.1, 0.15) is 11.6 Å². The molecule has 0 radical (unpaired) electrons. The van der Waals surface area contributed by atoms with Gasteiger partial charge < -0.3 is 9.30 Å². The summed E-state index contributed by atoms with van der Waals surface area (Å²) in [4.78, 5) is 4.45. The van der Waals surface area contributed by atoms with Crippen molar-refractivity contribution in [1.82, 2.24) is 9.55 Å². The number of ether oxygens (including phenoxy) is 1. The van der Waals surface area contributed by atoms with Crippen LogP contribution in [0.15, 0.2) is 30.6 Å². The van der Waals surface area contributed by atoms with Gasteiger partial charge in [-0.15, -0.1) is 0 Å². The normalized spacial score (nSPS) is 14.4. The molecule has 2 aromatic rings. The summed E-state index contributed by atoms with van der Waals surface area (Å²) in [5.74, 6) is 2.65. The summed E-state index contributed by atoms with van der Waals surface area (Å²) in [5.41, 5.74) is 4.22. The summed E-state index contributed by atoms with van der Waals surface area (Å²) < 4.78 is 7.76. The van der Waals surface area contributed by atoms with Crippen molar-refractivity contribution in [3.63, 3.8) is 0 Å². The van der Waals surface area contributed by atoms with E-state index in [0.717, 1.165) is 31.0 Å². The molecule has 0 saturated heterocycles. The molecule has 0 amide bonds. The van der Waals surface area contributed by atoms with E-state index in [-0.39, 0.29) is 0 Å². The fraction of sp³-hybridized carbons (Fsp3) is 0.450. The van der Waals surface area contributed by atoms with E-state index in [1.807, 2.05) is 6.20 Å². The number of allylic oxidation sites excluding steroid dienone is 1. The molecule has 0 bridgehead atoms. The van der Waals surface area contributed by atoms with Gasteiger partial charge in [0.25, 0.3) is 0 Å². The maximum Gasteiger partial charge on any atom is 0.122 e. The average molecular weight is 310 g/mol. The number of fused-ring (bicyclic) bond motifs is 1. The average Bonchev–Trinajstić information content (AvgIpc) is 3.04. The third kappa shape index (κ3) is 3.34. The highest BCUT2D eigenvalue weighted by Gasteiger charge is 2.16. The van der Waals surface area contributed by atoms with Crippen molar-refractivity contribution in [2.75, 3.05) is 7.11 Å². The molecule has 0 unspecified atom stereocenters. The Bertz CT molecular complexity index is 698. The van der Waals surface area contributed by atoms with Crippen LogP contribution in [-0.2, 0) is 19.4 Å². The minimum Gasteiger partial charge on any atom is -0.496 e. The van der Waals surface area contributed by atoms with Crippen LogP contribution in [0.5, 0.6) is 5.75 Å². The predicted molar refractivity (Wildman–Crippen MR) is 95.0 cm³/mol. The maximum absolute atomic E-state index is 5.54. The third-order valence-electron chi connectivity index (χ3n) is 4.61. The molecule has 1 aromatic heterocycles. The number of aromatic nitrogens is 2. The van der Waals surface area contributed by atoms with Crippen molar-refractivity contribution in [2.24, 2.45) is 0 Å². The highest BCUT2D eigenvalue weighted by Crippen LogP contribution is 2.32. The van der Waals surface area contributed by atoms with E-state index >= 15 is 0 Å². The summed E-state index contributed by atoms with van der Waals surface area (Å²) in [6, 6.07) is 4.30. The number of benzene rings is 1. The lowest BCUT2D eigenvalue weighted by Gasteiger charge is -2.20. The van der Waals surface area contributed by atoms with E-state index in [2.05, 4.69) is 53.9 Å². The van der Waals surface area contributed by atoms with Crippen LogP contribution in [0.2, 0.25) is 0 Å². The van der Waals surface area contributed by atoms with Gasteiger partial charge in [0.2, 0.25) is 0 Å². The Morgan fingerprint density at radius 3 is 2.74 bits per heavy atom. The third-order valence-corrected chi connectivity index (χ3v) is 4.61. The zero-order chi connectivity index (χ0) is 16.2. The van der Waals surface area contributed by atoms with Gasteiger partial charge in [-0.3, -0.25) is 0 Å². The number of nitrogens with zero attached hydrogens (tertiary/aromatic N) is 2. The van der Waals surface area contributed by atoms with E-state index in [9.17, 15) is 0 Å². The van der Waals surface area contributed by atoms with Gasteiger partial charge in [-0.2, -0.15) is 0 Å². The lowest BCUT2D eigenvalue weighted by molar-refractivity contribution is 0.406. The molecule has 0 aliphatic heterocycles. The summed E-state index contributed by atoms with van der Waals surface area (Å²) in [7, 11) is 1.77. The van der Waals surface area contributed by atoms with Crippen molar-refractivity contribution >= 4 is 6.08 Å². The molecule has 1 aromatic carbocycles. The first-order chi connectivity index (χ1) is 11.2. The van der Waals surface area contributed by atoms with Crippen LogP contribution in [0.25, 0.3) is 6.08 Å². The summed E-state index contributed by atoms with van der Waals surface area (Å²) in [5, 5.41) is 0. The summed E-state index contributed by atoms with van der Waals surface area (Å²) >= 11 is 0. The second-order valence-electron chi connectivity index (χ2n) is 6.52. The number of methoxy groups -OCH3 is 1. The second kappa shape index (κ2) is 7.03. The predicted octanol–water partition coefficient (Wildman–Crippen LogP) is 4.61. The van der Waals surface area contributed by atoms with Crippen LogP contribution in [0, 0.1) is 0 Å². The monoisotopic (exact) mass is 310 g/mol. The number of hydrogen-bond acceptors (Lipinski definition) is 2. The molecule has 0 fully saturated rings. The molecular weight excluding hydrogens is 284 g/mol. The SMILES string of the molecule is COc1ccc(/C=C/Cn2ccnc2C(C)C)c2c1CCCC2. The van der Waals surface area contributed by atoms with Crippen molar-refractivity contribution in [1.29, 1.82) is 0 Å². The van der Waals surface area contributed by atoms with Crippen molar-refractivity contribution in [3.05, 3.63) is 53.1 Å². The van der Waals surface area contributed by atoms with Crippen molar-refractivity contribution < 1.29 is 4.74 Å². The van der Waals surface area contributed by atoms with Crippen LogP contribution < -0.4 is 4.74 Å². The first kappa shape index (κ1) is 15.9. The molecular formula is C20H26N2O. The fourth-order valence-electron chi connectivity index (χ4n) is 3.48.